The summed E-state index contributed by atoms with van der Waals surface area (Å²) >= 11 is 0. The smallest absolute Gasteiger partial charge is 0.269 e. The highest BCUT2D eigenvalue weighted by molar-refractivity contribution is 5.95. The zero-order chi connectivity index (χ0) is 20.5. The minimum atomic E-state index is -0.376. The second-order valence-corrected chi connectivity index (χ2v) is 7.91. The SMILES string of the molecule is CCC(C)NC(=O)c1ccc2c(c1)C1C=CCC1C(c1ccc([N+](=O)[O-])cc1)N2. The average Bonchev–Trinajstić information content (AvgIpc) is 3.23. The molecule has 0 saturated heterocycles. The molecule has 6 nitrogen and oxygen atoms in total. The largest absolute Gasteiger partial charge is 0.378 e. The zero-order valence-electron chi connectivity index (χ0n) is 16.6. The lowest BCUT2D eigenvalue weighted by molar-refractivity contribution is -0.384. The van der Waals surface area contributed by atoms with E-state index in [0.717, 1.165) is 29.7 Å². The molecule has 29 heavy (non-hydrogen) atoms. The highest BCUT2D eigenvalue weighted by atomic mass is 16.6. The Kier molecular flexibility index (Phi) is 5.09. The number of fused-ring (bicyclic) bond motifs is 3. The van der Waals surface area contributed by atoms with E-state index in [-0.39, 0.29) is 34.5 Å². The maximum absolute atomic E-state index is 12.6. The molecule has 1 aliphatic carbocycles. The summed E-state index contributed by atoms with van der Waals surface area (Å²) in [5.41, 5.74) is 3.97. The molecule has 0 spiro atoms. The molecule has 0 fully saturated rings. The Hall–Kier alpha value is -3.15. The molecular formula is C23H25N3O3. The van der Waals surface area contributed by atoms with E-state index in [1.54, 1.807) is 12.1 Å². The second-order valence-electron chi connectivity index (χ2n) is 7.91. The quantitative estimate of drug-likeness (QED) is 0.429. The van der Waals surface area contributed by atoms with Crippen molar-refractivity contribution in [3.05, 3.63) is 81.4 Å². The van der Waals surface area contributed by atoms with Crippen LogP contribution < -0.4 is 10.6 Å². The summed E-state index contributed by atoms with van der Waals surface area (Å²) in [5.74, 6) is 0.498. The first-order chi connectivity index (χ1) is 14.0. The van der Waals surface area contributed by atoms with Gasteiger partial charge in [-0.25, -0.2) is 0 Å². The Bertz CT molecular complexity index is 968. The normalized spacial score (nSPS) is 22.9. The number of nitro groups is 1. The van der Waals surface area contributed by atoms with Crippen molar-refractivity contribution in [2.45, 2.75) is 44.7 Å². The third-order valence-corrected chi connectivity index (χ3v) is 6.08. The minimum Gasteiger partial charge on any atom is -0.378 e. The van der Waals surface area contributed by atoms with Crippen molar-refractivity contribution in [1.82, 2.24) is 5.32 Å². The Balaban J connectivity index is 1.63. The molecule has 4 rings (SSSR count). The van der Waals surface area contributed by atoms with E-state index in [4.69, 9.17) is 0 Å². The number of nitrogens with zero attached hydrogens (tertiary/aromatic N) is 1. The van der Waals surface area contributed by atoms with Crippen LogP contribution in [0.2, 0.25) is 0 Å². The fourth-order valence-corrected chi connectivity index (χ4v) is 4.28. The van der Waals surface area contributed by atoms with Gasteiger partial charge in [0.15, 0.2) is 0 Å². The Labute approximate surface area is 170 Å². The number of nitrogens with one attached hydrogen (secondary N) is 2. The number of non-ortho nitro benzene ring substituents is 1. The van der Waals surface area contributed by atoms with Gasteiger partial charge in [0.1, 0.15) is 0 Å². The Morgan fingerprint density at radius 3 is 2.72 bits per heavy atom. The number of nitro benzene ring substituents is 1. The van der Waals surface area contributed by atoms with Crippen LogP contribution in [0, 0.1) is 16.0 Å². The number of carbonyl (C=O) groups excluding carboxylic acids is 1. The Morgan fingerprint density at radius 1 is 1.28 bits per heavy atom. The maximum Gasteiger partial charge on any atom is 0.269 e. The van der Waals surface area contributed by atoms with E-state index in [1.807, 2.05) is 44.2 Å². The predicted octanol–water partition coefficient (Wildman–Crippen LogP) is 4.95. The maximum atomic E-state index is 12.6. The van der Waals surface area contributed by atoms with Crippen LogP contribution in [-0.4, -0.2) is 16.9 Å². The summed E-state index contributed by atoms with van der Waals surface area (Å²) in [6.07, 6.45) is 6.24. The molecule has 2 aromatic carbocycles. The summed E-state index contributed by atoms with van der Waals surface area (Å²) in [4.78, 5) is 23.1. The Morgan fingerprint density at radius 2 is 2.03 bits per heavy atom. The first-order valence-corrected chi connectivity index (χ1v) is 10.1. The van der Waals surface area contributed by atoms with Crippen LogP contribution in [0.15, 0.2) is 54.6 Å². The van der Waals surface area contributed by atoms with Crippen LogP contribution in [0.3, 0.4) is 0 Å². The van der Waals surface area contributed by atoms with Gasteiger partial charge in [0.25, 0.3) is 11.6 Å². The lowest BCUT2D eigenvalue weighted by Gasteiger charge is -2.37. The fourth-order valence-electron chi connectivity index (χ4n) is 4.28. The lowest BCUT2D eigenvalue weighted by atomic mass is 9.76. The third-order valence-electron chi connectivity index (χ3n) is 6.08. The predicted molar refractivity (Wildman–Crippen MR) is 113 cm³/mol. The van der Waals surface area contributed by atoms with Gasteiger partial charge in [0.2, 0.25) is 0 Å². The molecule has 4 unspecified atom stereocenters. The second kappa shape index (κ2) is 7.70. The van der Waals surface area contributed by atoms with Crippen LogP contribution in [-0.2, 0) is 0 Å². The van der Waals surface area contributed by atoms with Gasteiger partial charge in [0.05, 0.1) is 11.0 Å². The van der Waals surface area contributed by atoms with Gasteiger partial charge in [-0.15, -0.1) is 0 Å². The molecule has 6 heteroatoms. The fraction of sp³-hybridized carbons (Fsp3) is 0.348. The van der Waals surface area contributed by atoms with Crippen molar-refractivity contribution >= 4 is 17.3 Å². The molecular weight excluding hydrogens is 366 g/mol. The highest BCUT2D eigenvalue weighted by Gasteiger charge is 2.38. The molecule has 1 heterocycles. The van der Waals surface area contributed by atoms with Gasteiger partial charge in [-0.3, -0.25) is 14.9 Å². The van der Waals surface area contributed by atoms with Crippen molar-refractivity contribution in [3.63, 3.8) is 0 Å². The van der Waals surface area contributed by atoms with Crippen LogP contribution in [0.4, 0.5) is 11.4 Å². The van der Waals surface area contributed by atoms with E-state index in [9.17, 15) is 14.9 Å². The molecule has 4 atom stereocenters. The van der Waals surface area contributed by atoms with Crippen LogP contribution in [0.5, 0.6) is 0 Å². The van der Waals surface area contributed by atoms with Crippen molar-refractivity contribution in [2.75, 3.05) is 5.32 Å². The summed E-state index contributed by atoms with van der Waals surface area (Å²) < 4.78 is 0. The van der Waals surface area contributed by atoms with Gasteiger partial charge in [0, 0.05) is 35.3 Å². The van der Waals surface area contributed by atoms with Crippen LogP contribution >= 0.6 is 0 Å². The molecule has 0 saturated carbocycles. The van der Waals surface area contributed by atoms with Crippen LogP contribution in [0.1, 0.15) is 60.1 Å². The van der Waals surface area contributed by atoms with Crippen molar-refractivity contribution in [1.29, 1.82) is 0 Å². The van der Waals surface area contributed by atoms with Gasteiger partial charge < -0.3 is 10.6 Å². The molecule has 150 valence electrons. The number of hydrogen-bond acceptors (Lipinski definition) is 4. The molecule has 0 bridgehead atoms. The van der Waals surface area contributed by atoms with Crippen LogP contribution in [0.25, 0.3) is 0 Å². The topological polar surface area (TPSA) is 84.3 Å². The number of amides is 1. The number of carbonyl (C=O) groups is 1. The summed E-state index contributed by atoms with van der Waals surface area (Å²) in [6, 6.07) is 12.8. The minimum absolute atomic E-state index is 0.0434. The van der Waals surface area contributed by atoms with E-state index in [0.29, 0.717) is 11.5 Å². The number of hydrogen-bond donors (Lipinski definition) is 2. The van der Waals surface area contributed by atoms with Crippen molar-refractivity contribution in [2.24, 2.45) is 5.92 Å². The van der Waals surface area contributed by atoms with Crippen molar-refractivity contribution < 1.29 is 9.72 Å². The van der Waals surface area contributed by atoms with Gasteiger partial charge in [-0.05, 0) is 55.0 Å². The summed E-state index contributed by atoms with van der Waals surface area (Å²) in [5, 5.41) is 17.6. The number of anilines is 1. The average molecular weight is 391 g/mol. The van der Waals surface area contributed by atoms with Gasteiger partial charge in [-0.1, -0.05) is 31.2 Å². The van der Waals surface area contributed by atoms with Crippen molar-refractivity contribution in [3.8, 4) is 0 Å². The zero-order valence-corrected chi connectivity index (χ0v) is 16.6. The first-order valence-electron chi connectivity index (χ1n) is 10.1. The molecule has 0 aromatic heterocycles. The summed E-state index contributed by atoms with van der Waals surface area (Å²) in [6.45, 7) is 4.05. The molecule has 2 aliphatic rings. The van der Waals surface area contributed by atoms with E-state index in [2.05, 4.69) is 22.8 Å². The van der Waals surface area contributed by atoms with E-state index in [1.165, 1.54) is 0 Å². The molecule has 1 amide bonds. The first kappa shape index (κ1) is 19.2. The molecule has 2 aromatic rings. The molecule has 1 aliphatic heterocycles. The highest BCUT2D eigenvalue weighted by Crippen LogP contribution is 2.50. The number of allylic oxidation sites excluding steroid dienone is 2. The molecule has 0 radical (unpaired) electrons. The lowest BCUT2D eigenvalue weighted by Crippen LogP contribution is -2.33. The van der Waals surface area contributed by atoms with E-state index >= 15 is 0 Å². The van der Waals surface area contributed by atoms with Gasteiger partial charge in [-0.2, -0.15) is 0 Å². The van der Waals surface area contributed by atoms with Gasteiger partial charge >= 0.3 is 0 Å². The number of rotatable bonds is 5. The number of benzene rings is 2. The van der Waals surface area contributed by atoms with E-state index < -0.39 is 0 Å². The summed E-state index contributed by atoms with van der Waals surface area (Å²) in [7, 11) is 0. The molecule has 2 N–H and O–H groups in total. The third kappa shape index (κ3) is 3.62. The monoisotopic (exact) mass is 391 g/mol. The standard InChI is InChI=1S/C23H25N3O3/c1-3-14(2)24-23(27)16-9-12-21-20(13-16)18-5-4-6-19(18)22(25-21)15-7-10-17(11-8-15)26(28)29/h4-5,7-14,18-19,22,25H,3,6H2,1-2H3,(H,24,27).